The summed E-state index contributed by atoms with van der Waals surface area (Å²) in [4.78, 5) is 55.0. The van der Waals surface area contributed by atoms with Gasteiger partial charge >= 0.3 is 6.09 Å². The van der Waals surface area contributed by atoms with Crippen LogP contribution in [-0.4, -0.2) is 46.8 Å². The van der Waals surface area contributed by atoms with Gasteiger partial charge in [-0.3, -0.25) is 19.3 Å². The number of carbonyl (C=O) groups excluding carboxylic acids is 4. The first kappa shape index (κ1) is 21.2. The Bertz CT molecular complexity index is 1150. The van der Waals surface area contributed by atoms with E-state index in [0.29, 0.717) is 5.69 Å². The van der Waals surface area contributed by atoms with Crippen LogP contribution in [0, 0.1) is 0 Å². The summed E-state index contributed by atoms with van der Waals surface area (Å²) < 4.78 is 5.66. The van der Waals surface area contributed by atoms with E-state index in [-0.39, 0.29) is 37.0 Å². The molecule has 4 atom stereocenters. The summed E-state index contributed by atoms with van der Waals surface area (Å²) in [6, 6.07) is 15.2. The summed E-state index contributed by atoms with van der Waals surface area (Å²) in [6.07, 6.45) is -1.05. The zero-order chi connectivity index (χ0) is 23.3. The number of carbonyl (C=O) groups is 4. The van der Waals surface area contributed by atoms with Crippen LogP contribution in [0.5, 0.6) is 0 Å². The van der Waals surface area contributed by atoms with Crippen molar-refractivity contribution in [3.8, 4) is 0 Å². The molecule has 0 unspecified atom stereocenters. The summed E-state index contributed by atoms with van der Waals surface area (Å²) >= 11 is 0. The number of para-hydroxylation sites is 1. The van der Waals surface area contributed by atoms with Gasteiger partial charge < -0.3 is 15.0 Å². The van der Waals surface area contributed by atoms with Crippen LogP contribution < -0.4 is 10.2 Å². The number of Topliss-reactive ketones (excluding diaryl/α,β-unsaturated/α-hetero) is 1. The van der Waals surface area contributed by atoms with Crippen molar-refractivity contribution in [3.05, 3.63) is 65.7 Å². The summed E-state index contributed by atoms with van der Waals surface area (Å²) in [5, 5.41) is 2.73. The molecular weight excluding hydrogens is 422 g/mol. The molecule has 1 N–H and O–H groups in total. The summed E-state index contributed by atoms with van der Waals surface area (Å²) in [7, 11) is 0. The fourth-order valence-corrected chi connectivity index (χ4v) is 5.62. The SMILES string of the molecule is CC(=O)C[C@@]12C[C@@H]3C(=O)N[C@H](C)C(=O)N3[C@@H]1N(C(=O)OCc1ccccc1)c1ccccc12. The van der Waals surface area contributed by atoms with E-state index in [1.807, 2.05) is 48.5 Å². The number of ether oxygens (including phenoxy) is 1. The van der Waals surface area contributed by atoms with E-state index in [0.717, 1.165) is 11.1 Å². The molecule has 2 fully saturated rings. The number of hydrogen-bond donors (Lipinski definition) is 1. The number of nitrogens with one attached hydrogen (secondary N) is 1. The molecule has 3 aliphatic rings. The van der Waals surface area contributed by atoms with Gasteiger partial charge in [0.1, 0.15) is 30.6 Å². The molecule has 0 saturated carbocycles. The number of hydrogen-bond acceptors (Lipinski definition) is 5. The van der Waals surface area contributed by atoms with Crippen LogP contribution in [0.3, 0.4) is 0 Å². The number of anilines is 1. The van der Waals surface area contributed by atoms with Gasteiger partial charge in [-0.15, -0.1) is 0 Å². The average Bonchev–Trinajstić information content (AvgIpc) is 3.26. The van der Waals surface area contributed by atoms with Crippen LogP contribution in [0.1, 0.15) is 37.8 Å². The molecule has 0 aliphatic carbocycles. The quantitative estimate of drug-likeness (QED) is 0.777. The van der Waals surface area contributed by atoms with Gasteiger partial charge in [0.25, 0.3) is 0 Å². The Morgan fingerprint density at radius 1 is 1.09 bits per heavy atom. The monoisotopic (exact) mass is 447 g/mol. The van der Waals surface area contributed by atoms with Crippen LogP contribution in [0.2, 0.25) is 0 Å². The Morgan fingerprint density at radius 2 is 1.79 bits per heavy atom. The van der Waals surface area contributed by atoms with E-state index in [1.54, 1.807) is 13.0 Å². The van der Waals surface area contributed by atoms with Gasteiger partial charge in [-0.25, -0.2) is 4.79 Å². The van der Waals surface area contributed by atoms with E-state index in [2.05, 4.69) is 5.32 Å². The van der Waals surface area contributed by atoms with Gasteiger partial charge in [0.15, 0.2) is 0 Å². The highest BCUT2D eigenvalue weighted by Crippen LogP contribution is 2.56. The number of ketones is 1. The van der Waals surface area contributed by atoms with Crippen molar-refractivity contribution in [2.45, 2.75) is 57.0 Å². The third-order valence-corrected chi connectivity index (χ3v) is 6.85. The van der Waals surface area contributed by atoms with E-state index < -0.39 is 29.8 Å². The fourth-order valence-electron chi connectivity index (χ4n) is 5.62. The number of rotatable bonds is 4. The van der Waals surface area contributed by atoms with Gasteiger partial charge in [-0.05, 0) is 37.5 Å². The first-order chi connectivity index (χ1) is 15.8. The molecule has 170 valence electrons. The molecule has 8 heteroatoms. The van der Waals surface area contributed by atoms with Crippen molar-refractivity contribution in [3.63, 3.8) is 0 Å². The van der Waals surface area contributed by atoms with Crippen LogP contribution >= 0.6 is 0 Å². The normalized spacial score (nSPS) is 27.5. The lowest BCUT2D eigenvalue weighted by atomic mass is 9.74. The Balaban J connectivity index is 1.59. The van der Waals surface area contributed by atoms with Crippen molar-refractivity contribution in [2.75, 3.05) is 4.90 Å². The number of fused-ring (bicyclic) bond motifs is 5. The van der Waals surface area contributed by atoms with E-state index in [9.17, 15) is 19.2 Å². The Morgan fingerprint density at radius 3 is 2.52 bits per heavy atom. The second-order valence-electron chi connectivity index (χ2n) is 9.03. The first-order valence-corrected chi connectivity index (χ1v) is 11.0. The molecule has 3 amide bonds. The zero-order valence-corrected chi connectivity index (χ0v) is 18.5. The molecule has 8 nitrogen and oxygen atoms in total. The largest absolute Gasteiger partial charge is 0.444 e. The highest BCUT2D eigenvalue weighted by molar-refractivity contribution is 6.02. The molecule has 5 rings (SSSR count). The molecular formula is C25H25N3O5. The van der Waals surface area contributed by atoms with Gasteiger partial charge in [0, 0.05) is 11.8 Å². The zero-order valence-electron chi connectivity index (χ0n) is 18.5. The predicted molar refractivity (Wildman–Crippen MR) is 119 cm³/mol. The molecule has 2 aromatic rings. The minimum absolute atomic E-state index is 0.0685. The summed E-state index contributed by atoms with van der Waals surface area (Å²) in [5.41, 5.74) is 1.34. The van der Waals surface area contributed by atoms with Gasteiger partial charge in [-0.1, -0.05) is 48.5 Å². The predicted octanol–water partition coefficient (Wildman–Crippen LogP) is 2.51. The number of amides is 3. The van der Waals surface area contributed by atoms with E-state index in [4.69, 9.17) is 4.74 Å². The van der Waals surface area contributed by atoms with Gasteiger partial charge in [0.05, 0.1) is 5.69 Å². The smallest absolute Gasteiger partial charge is 0.416 e. The highest BCUT2D eigenvalue weighted by atomic mass is 16.6. The third kappa shape index (κ3) is 3.20. The molecule has 33 heavy (non-hydrogen) atoms. The molecule has 0 aromatic heterocycles. The molecule has 3 heterocycles. The minimum atomic E-state index is -0.879. The Kier molecular flexibility index (Phi) is 4.96. The van der Waals surface area contributed by atoms with Gasteiger partial charge in [-0.2, -0.15) is 0 Å². The lowest BCUT2D eigenvalue weighted by molar-refractivity contribution is -0.148. The Labute approximate surface area is 191 Å². The number of piperazine rings is 1. The maximum absolute atomic E-state index is 13.5. The second kappa shape index (κ2) is 7.72. The minimum Gasteiger partial charge on any atom is -0.444 e. The van der Waals surface area contributed by atoms with Crippen LogP contribution in [0.4, 0.5) is 10.5 Å². The molecule has 2 saturated heterocycles. The first-order valence-electron chi connectivity index (χ1n) is 11.0. The lowest BCUT2D eigenvalue weighted by Gasteiger charge is -2.40. The Hall–Kier alpha value is -3.68. The van der Waals surface area contributed by atoms with E-state index in [1.165, 1.54) is 16.7 Å². The maximum Gasteiger partial charge on any atom is 0.416 e. The number of nitrogens with zero attached hydrogens (tertiary/aromatic N) is 2. The van der Waals surface area contributed by atoms with Crippen molar-refractivity contribution in [2.24, 2.45) is 0 Å². The highest BCUT2D eigenvalue weighted by Gasteiger charge is 2.66. The van der Waals surface area contributed by atoms with Crippen molar-refractivity contribution in [1.82, 2.24) is 10.2 Å². The maximum atomic E-state index is 13.5. The fraction of sp³-hybridized carbons (Fsp3) is 0.360. The molecule has 0 radical (unpaired) electrons. The standard InChI is InChI=1S/C25H25N3O5/c1-15(29)12-25-13-20-21(30)26-16(2)22(31)27(20)23(25)28(19-11-7-6-10-18(19)25)24(32)33-14-17-8-4-3-5-9-17/h3-11,16,20,23H,12-14H2,1-2H3,(H,26,30)/t16-,20-,23-,25+/m1/s1. The van der Waals surface area contributed by atoms with Crippen LogP contribution in [0.25, 0.3) is 0 Å². The topological polar surface area (TPSA) is 96.0 Å². The van der Waals surface area contributed by atoms with Crippen LogP contribution in [0.15, 0.2) is 54.6 Å². The summed E-state index contributed by atoms with van der Waals surface area (Å²) in [6.45, 7) is 3.19. The third-order valence-electron chi connectivity index (χ3n) is 6.85. The summed E-state index contributed by atoms with van der Waals surface area (Å²) in [5.74, 6) is -0.617. The molecule has 3 aliphatic heterocycles. The van der Waals surface area contributed by atoms with Crippen LogP contribution in [-0.2, 0) is 31.1 Å². The van der Waals surface area contributed by atoms with E-state index >= 15 is 0 Å². The van der Waals surface area contributed by atoms with Crippen molar-refractivity contribution >= 4 is 29.4 Å². The molecule has 0 bridgehead atoms. The van der Waals surface area contributed by atoms with Gasteiger partial charge in [0.2, 0.25) is 11.8 Å². The van der Waals surface area contributed by atoms with Crippen molar-refractivity contribution in [1.29, 1.82) is 0 Å². The molecule has 0 spiro atoms. The average molecular weight is 447 g/mol. The number of benzene rings is 2. The lowest BCUT2D eigenvalue weighted by Crippen LogP contribution is -2.65. The molecule has 2 aromatic carbocycles. The second-order valence-corrected chi connectivity index (χ2v) is 9.03. The van der Waals surface area contributed by atoms with Crippen molar-refractivity contribution < 1.29 is 23.9 Å².